The molecule has 0 bridgehead atoms. The third-order valence-electron chi connectivity index (χ3n) is 1.55. The molecule has 0 aliphatic carbocycles. The van der Waals surface area contributed by atoms with Gasteiger partial charge in [0, 0.05) is 11.0 Å². The topological polar surface area (TPSA) is 43.1 Å². The number of hydrogen-bond donors (Lipinski definition) is 1. The van der Waals surface area contributed by atoms with Crippen molar-refractivity contribution < 1.29 is 18.0 Å². The number of alkyl halides is 3. The van der Waals surface area contributed by atoms with Crippen molar-refractivity contribution in [3.05, 3.63) is 35.9 Å². The molecule has 0 aromatic heterocycles. The highest BCUT2D eigenvalue weighted by Crippen LogP contribution is 2.36. The van der Waals surface area contributed by atoms with Crippen LogP contribution in [0.25, 0.3) is 6.08 Å². The van der Waals surface area contributed by atoms with Crippen LogP contribution in [0, 0.1) is 0 Å². The fourth-order valence-electron chi connectivity index (χ4n) is 0.959. The second-order valence-corrected chi connectivity index (χ2v) is 3.99. The molecule has 16 heavy (non-hydrogen) atoms. The number of nitrogens with two attached hydrogens (primary N) is 1. The standard InChI is InChI=1S/C10H8F3NOS/c11-10(12,13)16-8-4-1-7(2-5-8)3-6-9(14)15/h1-6H,(H2,14,15)/b6-3-. The van der Waals surface area contributed by atoms with E-state index in [-0.39, 0.29) is 16.7 Å². The smallest absolute Gasteiger partial charge is 0.366 e. The molecule has 2 nitrogen and oxygen atoms in total. The lowest BCUT2D eigenvalue weighted by Gasteiger charge is -2.05. The van der Waals surface area contributed by atoms with Crippen LogP contribution in [-0.2, 0) is 4.79 Å². The summed E-state index contributed by atoms with van der Waals surface area (Å²) in [7, 11) is 0. The van der Waals surface area contributed by atoms with E-state index in [4.69, 9.17) is 5.73 Å². The first-order valence-corrected chi connectivity index (χ1v) is 5.02. The Bertz CT molecular complexity index is 398. The SMILES string of the molecule is NC(=O)/C=C\c1ccc(SC(F)(F)F)cc1. The van der Waals surface area contributed by atoms with Gasteiger partial charge in [0.2, 0.25) is 5.91 Å². The fraction of sp³-hybridized carbons (Fsp3) is 0.100. The Morgan fingerprint density at radius 1 is 1.25 bits per heavy atom. The van der Waals surface area contributed by atoms with E-state index in [0.717, 1.165) is 6.08 Å². The summed E-state index contributed by atoms with van der Waals surface area (Å²) in [5.41, 5.74) is 1.20. The van der Waals surface area contributed by atoms with Gasteiger partial charge in [0.25, 0.3) is 0 Å². The van der Waals surface area contributed by atoms with E-state index in [1.54, 1.807) is 0 Å². The normalized spacial score (nSPS) is 11.9. The fourth-order valence-corrected chi connectivity index (χ4v) is 1.50. The third kappa shape index (κ3) is 4.88. The van der Waals surface area contributed by atoms with E-state index >= 15 is 0 Å². The molecule has 0 aliphatic heterocycles. The maximum atomic E-state index is 12.0. The van der Waals surface area contributed by atoms with Crippen molar-refractivity contribution in [3.63, 3.8) is 0 Å². The molecule has 2 N–H and O–H groups in total. The van der Waals surface area contributed by atoms with Crippen molar-refractivity contribution in [2.75, 3.05) is 0 Å². The molecule has 1 aromatic carbocycles. The predicted octanol–water partition coefficient (Wildman–Crippen LogP) is 2.80. The van der Waals surface area contributed by atoms with E-state index in [0.29, 0.717) is 5.56 Å². The molecular weight excluding hydrogens is 239 g/mol. The summed E-state index contributed by atoms with van der Waals surface area (Å²) in [6.45, 7) is 0. The Morgan fingerprint density at radius 2 is 1.81 bits per heavy atom. The lowest BCUT2D eigenvalue weighted by atomic mass is 10.2. The minimum atomic E-state index is -4.29. The van der Waals surface area contributed by atoms with Gasteiger partial charge in [-0.3, -0.25) is 4.79 Å². The molecule has 0 saturated heterocycles. The monoisotopic (exact) mass is 247 g/mol. The largest absolute Gasteiger partial charge is 0.446 e. The van der Waals surface area contributed by atoms with Crippen LogP contribution in [0.3, 0.4) is 0 Å². The average molecular weight is 247 g/mol. The third-order valence-corrected chi connectivity index (χ3v) is 2.29. The van der Waals surface area contributed by atoms with Crippen molar-refractivity contribution in [2.45, 2.75) is 10.4 Å². The van der Waals surface area contributed by atoms with Gasteiger partial charge in [-0.05, 0) is 35.5 Å². The number of thioether (sulfide) groups is 1. The summed E-state index contributed by atoms with van der Waals surface area (Å²) in [4.78, 5) is 10.5. The van der Waals surface area contributed by atoms with Crippen LogP contribution in [0.2, 0.25) is 0 Å². The van der Waals surface area contributed by atoms with Crippen LogP contribution in [0.5, 0.6) is 0 Å². The van der Waals surface area contributed by atoms with Crippen LogP contribution < -0.4 is 5.73 Å². The van der Waals surface area contributed by atoms with Crippen LogP contribution in [0.1, 0.15) is 5.56 Å². The number of amides is 1. The van der Waals surface area contributed by atoms with Gasteiger partial charge in [0.1, 0.15) is 0 Å². The first kappa shape index (κ1) is 12.6. The summed E-state index contributed by atoms with van der Waals surface area (Å²) < 4.78 is 36.0. The summed E-state index contributed by atoms with van der Waals surface area (Å²) in [6, 6.07) is 5.62. The number of halogens is 3. The lowest BCUT2D eigenvalue weighted by Crippen LogP contribution is -2.05. The molecule has 1 rings (SSSR count). The minimum Gasteiger partial charge on any atom is -0.366 e. The number of carbonyl (C=O) groups is 1. The van der Waals surface area contributed by atoms with Gasteiger partial charge >= 0.3 is 5.51 Å². The molecule has 0 aliphatic rings. The average Bonchev–Trinajstić information content (AvgIpc) is 2.14. The predicted molar refractivity (Wildman–Crippen MR) is 56.6 cm³/mol. The van der Waals surface area contributed by atoms with Crippen LogP contribution in [-0.4, -0.2) is 11.4 Å². The van der Waals surface area contributed by atoms with E-state index in [2.05, 4.69) is 0 Å². The van der Waals surface area contributed by atoms with Crippen molar-refractivity contribution in [2.24, 2.45) is 5.73 Å². The first-order valence-electron chi connectivity index (χ1n) is 4.20. The van der Waals surface area contributed by atoms with Gasteiger partial charge < -0.3 is 5.73 Å². The van der Waals surface area contributed by atoms with Crippen molar-refractivity contribution >= 4 is 23.7 Å². The first-order chi connectivity index (χ1) is 7.37. The molecule has 6 heteroatoms. The van der Waals surface area contributed by atoms with E-state index in [1.807, 2.05) is 0 Å². The zero-order valence-corrected chi connectivity index (χ0v) is 8.81. The molecule has 86 valence electrons. The summed E-state index contributed by atoms with van der Waals surface area (Å²) >= 11 is -0.182. The summed E-state index contributed by atoms with van der Waals surface area (Å²) in [5.74, 6) is -0.603. The quantitative estimate of drug-likeness (QED) is 0.659. The van der Waals surface area contributed by atoms with Gasteiger partial charge in [-0.15, -0.1) is 0 Å². The second kappa shape index (κ2) is 5.07. The second-order valence-electron chi connectivity index (χ2n) is 2.85. The molecule has 0 heterocycles. The highest BCUT2D eigenvalue weighted by molar-refractivity contribution is 8.00. The maximum absolute atomic E-state index is 12.0. The maximum Gasteiger partial charge on any atom is 0.446 e. The highest BCUT2D eigenvalue weighted by atomic mass is 32.2. The van der Waals surface area contributed by atoms with Crippen molar-refractivity contribution in [1.29, 1.82) is 0 Å². The zero-order valence-electron chi connectivity index (χ0n) is 7.99. The highest BCUT2D eigenvalue weighted by Gasteiger charge is 2.28. The number of carbonyl (C=O) groups excluding carboxylic acids is 1. The lowest BCUT2D eigenvalue weighted by molar-refractivity contribution is -0.113. The number of rotatable bonds is 3. The van der Waals surface area contributed by atoms with Crippen LogP contribution in [0.15, 0.2) is 35.2 Å². The summed E-state index contributed by atoms with van der Waals surface area (Å²) in [5, 5.41) is 0. The van der Waals surface area contributed by atoms with E-state index in [1.165, 1.54) is 30.3 Å². The van der Waals surface area contributed by atoms with Crippen LogP contribution >= 0.6 is 11.8 Å². The molecule has 0 unspecified atom stereocenters. The van der Waals surface area contributed by atoms with Crippen molar-refractivity contribution in [1.82, 2.24) is 0 Å². The van der Waals surface area contributed by atoms with E-state index in [9.17, 15) is 18.0 Å². The molecule has 0 radical (unpaired) electrons. The Kier molecular flexibility index (Phi) is 4.00. The molecule has 0 spiro atoms. The van der Waals surface area contributed by atoms with Gasteiger partial charge in [0.15, 0.2) is 0 Å². The van der Waals surface area contributed by atoms with Gasteiger partial charge in [-0.25, -0.2) is 0 Å². The minimum absolute atomic E-state index is 0.101. The van der Waals surface area contributed by atoms with Gasteiger partial charge in [0.05, 0.1) is 0 Å². The molecule has 1 aromatic rings. The number of benzene rings is 1. The van der Waals surface area contributed by atoms with Gasteiger partial charge in [-0.2, -0.15) is 13.2 Å². The molecule has 0 saturated carbocycles. The number of hydrogen-bond acceptors (Lipinski definition) is 2. The van der Waals surface area contributed by atoms with E-state index < -0.39 is 11.4 Å². The Morgan fingerprint density at radius 3 is 2.25 bits per heavy atom. The molecule has 1 amide bonds. The zero-order chi connectivity index (χ0) is 12.2. The summed E-state index contributed by atoms with van der Waals surface area (Å²) in [6.07, 6.45) is 2.58. The van der Waals surface area contributed by atoms with Crippen molar-refractivity contribution in [3.8, 4) is 0 Å². The van der Waals surface area contributed by atoms with Gasteiger partial charge in [-0.1, -0.05) is 12.1 Å². The Balaban J connectivity index is 2.72. The van der Waals surface area contributed by atoms with Crippen LogP contribution in [0.4, 0.5) is 13.2 Å². The Hall–Kier alpha value is -1.43. The molecule has 0 atom stereocenters. The molecular formula is C10H8F3NOS. The molecule has 0 fully saturated rings. The number of primary amides is 1. The Labute approximate surface area is 94.3 Å².